The third kappa shape index (κ3) is 1.76. The van der Waals surface area contributed by atoms with Gasteiger partial charge in [0.2, 0.25) is 0 Å². The van der Waals surface area contributed by atoms with Gasteiger partial charge in [0.05, 0.1) is 6.04 Å². The van der Waals surface area contributed by atoms with Crippen LogP contribution in [0.15, 0.2) is 15.8 Å². The maximum atomic E-state index is 11.5. The van der Waals surface area contributed by atoms with Crippen molar-refractivity contribution < 1.29 is 9.90 Å². The van der Waals surface area contributed by atoms with E-state index in [0.29, 0.717) is 6.54 Å². The summed E-state index contributed by atoms with van der Waals surface area (Å²) in [7, 11) is 0. The third-order valence-electron chi connectivity index (χ3n) is 2.63. The molecule has 1 fully saturated rings. The molecule has 1 saturated heterocycles. The zero-order chi connectivity index (χ0) is 11.7. The molecular formula is C9H11N3O4. The molecule has 0 aliphatic carbocycles. The number of nitrogens with one attached hydrogen (secondary N) is 2. The summed E-state index contributed by atoms with van der Waals surface area (Å²) in [4.78, 5) is 35.4. The maximum absolute atomic E-state index is 11.5. The van der Waals surface area contributed by atoms with E-state index in [-0.39, 0.29) is 6.04 Å². The first-order valence-corrected chi connectivity index (χ1v) is 4.89. The van der Waals surface area contributed by atoms with Gasteiger partial charge in [-0.05, 0) is 13.0 Å². The lowest BCUT2D eigenvalue weighted by Crippen LogP contribution is -2.35. The quantitative estimate of drug-likeness (QED) is 0.584. The highest BCUT2D eigenvalue weighted by Crippen LogP contribution is 2.11. The smallest absolute Gasteiger partial charge is 0.342 e. The first kappa shape index (κ1) is 10.6. The van der Waals surface area contributed by atoms with Crippen LogP contribution in [-0.2, 0) is 0 Å². The summed E-state index contributed by atoms with van der Waals surface area (Å²) in [6, 6.07) is -0.0950. The second-order valence-corrected chi connectivity index (χ2v) is 3.66. The fourth-order valence-electron chi connectivity index (χ4n) is 1.79. The minimum Gasteiger partial charge on any atom is -0.477 e. The third-order valence-corrected chi connectivity index (χ3v) is 2.63. The SMILES string of the molecule is O=C(O)c1cn([C@@H]2CCNC2)c(=O)[nH]c1=O. The molecule has 1 atom stereocenters. The molecule has 7 heteroatoms. The Balaban J connectivity index is 2.53. The predicted molar refractivity (Wildman–Crippen MR) is 54.8 cm³/mol. The van der Waals surface area contributed by atoms with Crippen molar-refractivity contribution in [3.8, 4) is 0 Å². The fourth-order valence-corrected chi connectivity index (χ4v) is 1.79. The van der Waals surface area contributed by atoms with E-state index in [0.717, 1.165) is 19.2 Å². The number of carboxylic acid groups (broad SMARTS) is 1. The highest BCUT2D eigenvalue weighted by atomic mass is 16.4. The zero-order valence-electron chi connectivity index (χ0n) is 8.40. The van der Waals surface area contributed by atoms with Gasteiger partial charge in [-0.3, -0.25) is 14.3 Å². The molecule has 1 aliphatic heterocycles. The number of rotatable bonds is 2. The Kier molecular flexibility index (Phi) is 2.61. The van der Waals surface area contributed by atoms with E-state index in [9.17, 15) is 14.4 Å². The molecule has 16 heavy (non-hydrogen) atoms. The largest absolute Gasteiger partial charge is 0.477 e. The summed E-state index contributed by atoms with van der Waals surface area (Å²) in [6.45, 7) is 1.38. The molecule has 0 spiro atoms. The lowest BCUT2D eigenvalue weighted by Gasteiger charge is -2.11. The minimum absolute atomic E-state index is 0.0950. The molecule has 0 bridgehead atoms. The molecular weight excluding hydrogens is 214 g/mol. The zero-order valence-corrected chi connectivity index (χ0v) is 8.40. The van der Waals surface area contributed by atoms with Crippen LogP contribution in [0.2, 0.25) is 0 Å². The van der Waals surface area contributed by atoms with Gasteiger partial charge in [0.25, 0.3) is 5.56 Å². The van der Waals surface area contributed by atoms with E-state index >= 15 is 0 Å². The van der Waals surface area contributed by atoms with Gasteiger partial charge < -0.3 is 10.4 Å². The number of nitrogens with zero attached hydrogens (tertiary/aromatic N) is 1. The molecule has 1 aliphatic rings. The van der Waals surface area contributed by atoms with Crippen LogP contribution in [0, 0.1) is 0 Å². The van der Waals surface area contributed by atoms with Crippen molar-refractivity contribution in [2.75, 3.05) is 13.1 Å². The molecule has 2 heterocycles. The molecule has 0 aromatic carbocycles. The van der Waals surface area contributed by atoms with E-state index in [1.807, 2.05) is 4.98 Å². The Hall–Kier alpha value is -1.89. The van der Waals surface area contributed by atoms with Crippen LogP contribution in [0.1, 0.15) is 22.8 Å². The van der Waals surface area contributed by atoms with Crippen molar-refractivity contribution in [3.05, 3.63) is 32.6 Å². The number of carbonyl (C=O) groups is 1. The van der Waals surface area contributed by atoms with Crippen LogP contribution in [0.5, 0.6) is 0 Å². The topological polar surface area (TPSA) is 104 Å². The molecule has 1 aromatic heterocycles. The molecule has 7 nitrogen and oxygen atoms in total. The lowest BCUT2D eigenvalue weighted by molar-refractivity contribution is 0.0693. The Bertz CT molecular complexity index is 524. The van der Waals surface area contributed by atoms with Crippen LogP contribution in [0.4, 0.5) is 0 Å². The van der Waals surface area contributed by atoms with Crippen LogP contribution in [-0.4, -0.2) is 33.7 Å². The number of H-pyrrole nitrogens is 1. The van der Waals surface area contributed by atoms with Gasteiger partial charge in [0, 0.05) is 12.7 Å². The van der Waals surface area contributed by atoms with Crippen molar-refractivity contribution >= 4 is 5.97 Å². The average molecular weight is 225 g/mol. The Morgan fingerprint density at radius 1 is 1.50 bits per heavy atom. The summed E-state index contributed by atoms with van der Waals surface area (Å²) < 4.78 is 1.27. The van der Waals surface area contributed by atoms with Gasteiger partial charge in [-0.15, -0.1) is 0 Å². The number of aromatic nitrogens is 2. The van der Waals surface area contributed by atoms with Crippen LogP contribution < -0.4 is 16.6 Å². The summed E-state index contributed by atoms with van der Waals surface area (Å²) in [6.07, 6.45) is 1.85. The highest BCUT2D eigenvalue weighted by Gasteiger charge is 2.20. The van der Waals surface area contributed by atoms with Crippen LogP contribution >= 0.6 is 0 Å². The second kappa shape index (κ2) is 3.93. The summed E-state index contributed by atoms with van der Waals surface area (Å²) in [5, 5.41) is 11.8. The summed E-state index contributed by atoms with van der Waals surface area (Å²) in [5.74, 6) is -1.33. The molecule has 0 radical (unpaired) electrons. The van der Waals surface area contributed by atoms with Crippen LogP contribution in [0.25, 0.3) is 0 Å². The van der Waals surface area contributed by atoms with Gasteiger partial charge in [0.15, 0.2) is 0 Å². The van der Waals surface area contributed by atoms with Crippen molar-refractivity contribution in [2.45, 2.75) is 12.5 Å². The van der Waals surface area contributed by atoms with Crippen molar-refractivity contribution in [1.82, 2.24) is 14.9 Å². The molecule has 0 unspecified atom stereocenters. The Labute approximate surface area is 89.7 Å². The second-order valence-electron chi connectivity index (χ2n) is 3.66. The first-order valence-electron chi connectivity index (χ1n) is 4.89. The number of hydrogen-bond acceptors (Lipinski definition) is 4. The Morgan fingerprint density at radius 3 is 2.81 bits per heavy atom. The van der Waals surface area contributed by atoms with Crippen molar-refractivity contribution in [1.29, 1.82) is 0 Å². The summed E-state index contributed by atoms with van der Waals surface area (Å²) in [5.41, 5.74) is -1.84. The van der Waals surface area contributed by atoms with E-state index in [2.05, 4.69) is 5.32 Å². The van der Waals surface area contributed by atoms with E-state index < -0.39 is 22.8 Å². The monoisotopic (exact) mass is 225 g/mol. The van der Waals surface area contributed by atoms with E-state index in [1.54, 1.807) is 0 Å². The van der Waals surface area contributed by atoms with Gasteiger partial charge >= 0.3 is 11.7 Å². The van der Waals surface area contributed by atoms with Gasteiger partial charge in [0.1, 0.15) is 5.56 Å². The van der Waals surface area contributed by atoms with Crippen LogP contribution in [0.3, 0.4) is 0 Å². The fraction of sp³-hybridized carbons (Fsp3) is 0.444. The van der Waals surface area contributed by atoms with Crippen molar-refractivity contribution in [3.63, 3.8) is 0 Å². The standard InChI is InChI=1S/C9H11N3O4/c13-7-6(8(14)15)4-12(9(16)11-7)5-1-2-10-3-5/h4-5,10H,1-3H2,(H,14,15)(H,11,13,16)/t5-/m1/s1. The highest BCUT2D eigenvalue weighted by molar-refractivity contribution is 5.86. The molecule has 3 N–H and O–H groups in total. The van der Waals surface area contributed by atoms with Gasteiger partial charge in [-0.25, -0.2) is 9.59 Å². The number of hydrogen-bond donors (Lipinski definition) is 3. The first-order chi connectivity index (χ1) is 7.59. The number of aromatic carboxylic acids is 1. The van der Waals surface area contributed by atoms with Crippen molar-refractivity contribution in [2.24, 2.45) is 0 Å². The molecule has 0 amide bonds. The number of aromatic amines is 1. The molecule has 2 rings (SSSR count). The van der Waals surface area contributed by atoms with E-state index in [4.69, 9.17) is 5.11 Å². The van der Waals surface area contributed by atoms with E-state index in [1.165, 1.54) is 4.57 Å². The molecule has 86 valence electrons. The minimum atomic E-state index is -1.33. The predicted octanol–water partition coefficient (Wildman–Crippen LogP) is -1.23. The summed E-state index contributed by atoms with van der Waals surface area (Å²) >= 11 is 0. The normalized spacial score (nSPS) is 19.9. The molecule has 1 aromatic rings. The lowest BCUT2D eigenvalue weighted by atomic mass is 10.2. The van der Waals surface area contributed by atoms with Gasteiger partial charge in [-0.2, -0.15) is 0 Å². The molecule has 0 saturated carbocycles. The van der Waals surface area contributed by atoms with Gasteiger partial charge in [-0.1, -0.05) is 0 Å². The average Bonchev–Trinajstić information content (AvgIpc) is 2.70. The Morgan fingerprint density at radius 2 is 2.25 bits per heavy atom. The maximum Gasteiger partial charge on any atom is 0.342 e. The number of carboxylic acids is 1.